The molecule has 9 heteroatoms. The lowest BCUT2D eigenvalue weighted by atomic mass is 10.3. The molecule has 23 heavy (non-hydrogen) atoms. The van der Waals surface area contributed by atoms with Gasteiger partial charge < -0.3 is 0 Å². The predicted octanol–water partition coefficient (Wildman–Crippen LogP) is 3.55. The maximum atomic E-state index is 12.6. The molecule has 0 aliphatic carbocycles. The van der Waals surface area contributed by atoms with E-state index in [1.807, 2.05) is 12.1 Å². The van der Waals surface area contributed by atoms with Crippen LogP contribution in [0, 0.1) is 13.8 Å². The molecule has 2 heterocycles. The largest absolute Gasteiger partial charge is 0.281 e. The molecule has 0 fully saturated rings. The molecule has 0 amide bonds. The Hall–Kier alpha value is -1.58. The summed E-state index contributed by atoms with van der Waals surface area (Å²) in [5, 5.41) is 6.64. The second-order valence-electron chi connectivity index (χ2n) is 4.96. The second-order valence-corrected chi connectivity index (χ2v) is 9.12. The molecule has 2 N–H and O–H groups in total. The molecule has 1 aromatic carbocycles. The van der Waals surface area contributed by atoms with E-state index in [1.165, 1.54) is 0 Å². The van der Waals surface area contributed by atoms with Crippen molar-refractivity contribution in [3.63, 3.8) is 0 Å². The lowest BCUT2D eigenvalue weighted by Crippen LogP contribution is -2.14. The zero-order valence-corrected chi connectivity index (χ0v) is 15.3. The van der Waals surface area contributed by atoms with Gasteiger partial charge in [0.2, 0.25) is 0 Å². The Labute approximate surface area is 142 Å². The highest BCUT2D eigenvalue weighted by Crippen LogP contribution is 2.31. The number of aromatic amines is 1. The standard InChI is InChI=1S/C14H16N4O2S3/c1-4-21-14-15-11-6-5-10(7-12(11)22-14)18-23(19,20)13-8(2)16-17-9(13)3/h5-7,18H,4H2,1-3H3,(H,16,17). The summed E-state index contributed by atoms with van der Waals surface area (Å²) >= 11 is 3.24. The van der Waals surface area contributed by atoms with Crippen LogP contribution < -0.4 is 4.72 Å². The van der Waals surface area contributed by atoms with Crippen molar-refractivity contribution in [2.45, 2.75) is 30.0 Å². The van der Waals surface area contributed by atoms with Crippen LogP contribution in [-0.4, -0.2) is 29.4 Å². The van der Waals surface area contributed by atoms with Gasteiger partial charge in [0, 0.05) is 0 Å². The quantitative estimate of drug-likeness (QED) is 0.673. The van der Waals surface area contributed by atoms with E-state index in [9.17, 15) is 8.42 Å². The van der Waals surface area contributed by atoms with E-state index in [0.717, 1.165) is 20.3 Å². The maximum absolute atomic E-state index is 12.6. The molecule has 2 aromatic heterocycles. The average Bonchev–Trinajstić information content (AvgIpc) is 3.01. The Morgan fingerprint density at radius 1 is 1.35 bits per heavy atom. The minimum absolute atomic E-state index is 0.198. The van der Waals surface area contributed by atoms with Crippen molar-refractivity contribution < 1.29 is 8.42 Å². The molecular formula is C14H16N4O2S3. The Balaban J connectivity index is 1.94. The molecule has 0 bridgehead atoms. The third kappa shape index (κ3) is 3.22. The second kappa shape index (κ2) is 6.14. The Morgan fingerprint density at radius 2 is 2.13 bits per heavy atom. The number of rotatable bonds is 5. The third-order valence-electron chi connectivity index (χ3n) is 3.22. The number of sulfonamides is 1. The van der Waals surface area contributed by atoms with Gasteiger partial charge in [0.15, 0.2) is 4.34 Å². The summed E-state index contributed by atoms with van der Waals surface area (Å²) in [5.41, 5.74) is 2.38. The number of thiazole rings is 1. The molecule has 0 aliphatic rings. The van der Waals surface area contributed by atoms with E-state index in [0.29, 0.717) is 17.1 Å². The molecule has 0 atom stereocenters. The highest BCUT2D eigenvalue weighted by molar-refractivity contribution is 8.01. The van der Waals surface area contributed by atoms with Crippen LogP contribution in [-0.2, 0) is 10.0 Å². The summed E-state index contributed by atoms with van der Waals surface area (Å²) < 4.78 is 29.7. The SMILES string of the molecule is CCSc1nc2ccc(NS(=O)(=O)c3c(C)n[nH]c3C)cc2s1. The van der Waals surface area contributed by atoms with Gasteiger partial charge in [-0.15, -0.1) is 11.3 Å². The third-order valence-corrected chi connectivity index (χ3v) is 6.90. The zero-order valence-electron chi connectivity index (χ0n) is 12.9. The summed E-state index contributed by atoms with van der Waals surface area (Å²) in [6.45, 7) is 5.43. The van der Waals surface area contributed by atoms with E-state index < -0.39 is 10.0 Å². The first-order valence-electron chi connectivity index (χ1n) is 6.98. The van der Waals surface area contributed by atoms with E-state index in [4.69, 9.17) is 0 Å². The van der Waals surface area contributed by atoms with Crippen LogP contribution in [0.4, 0.5) is 5.69 Å². The van der Waals surface area contributed by atoms with E-state index >= 15 is 0 Å². The van der Waals surface area contributed by atoms with Gasteiger partial charge in [-0.25, -0.2) is 13.4 Å². The van der Waals surface area contributed by atoms with Gasteiger partial charge in [0.1, 0.15) is 4.90 Å². The van der Waals surface area contributed by atoms with Crippen LogP contribution in [0.1, 0.15) is 18.3 Å². The zero-order chi connectivity index (χ0) is 16.6. The molecule has 3 aromatic rings. The van der Waals surface area contributed by atoms with Crippen LogP contribution in [0.3, 0.4) is 0 Å². The molecule has 0 radical (unpaired) electrons. The lowest BCUT2D eigenvalue weighted by molar-refractivity contribution is 0.600. The van der Waals surface area contributed by atoms with E-state index in [1.54, 1.807) is 43.0 Å². The summed E-state index contributed by atoms with van der Waals surface area (Å²) in [6.07, 6.45) is 0. The minimum atomic E-state index is -3.67. The molecule has 0 saturated heterocycles. The molecule has 3 rings (SSSR count). The van der Waals surface area contributed by atoms with Crippen molar-refractivity contribution in [2.24, 2.45) is 0 Å². The monoisotopic (exact) mass is 368 g/mol. The maximum Gasteiger partial charge on any atom is 0.265 e. The van der Waals surface area contributed by atoms with Gasteiger partial charge in [-0.05, 0) is 37.8 Å². The van der Waals surface area contributed by atoms with E-state index in [2.05, 4.69) is 26.8 Å². The molecule has 0 unspecified atom stereocenters. The molecule has 122 valence electrons. The number of nitrogens with zero attached hydrogens (tertiary/aromatic N) is 2. The van der Waals surface area contributed by atoms with Gasteiger partial charge in [-0.3, -0.25) is 9.82 Å². The number of aromatic nitrogens is 3. The Bertz CT molecular complexity index is 940. The number of benzene rings is 1. The molecule has 0 saturated carbocycles. The molecule has 6 nitrogen and oxygen atoms in total. The van der Waals surface area contributed by atoms with Crippen LogP contribution in [0.5, 0.6) is 0 Å². The van der Waals surface area contributed by atoms with E-state index in [-0.39, 0.29) is 4.90 Å². The summed E-state index contributed by atoms with van der Waals surface area (Å²) in [6, 6.07) is 5.37. The molecule has 0 aliphatic heterocycles. The minimum Gasteiger partial charge on any atom is -0.281 e. The number of aryl methyl sites for hydroxylation is 2. The van der Waals surface area contributed by atoms with Gasteiger partial charge >= 0.3 is 0 Å². The fourth-order valence-electron chi connectivity index (χ4n) is 2.29. The number of hydrogen-bond acceptors (Lipinski definition) is 6. The Kier molecular flexibility index (Phi) is 4.35. The number of fused-ring (bicyclic) bond motifs is 1. The van der Waals surface area contributed by atoms with Crippen molar-refractivity contribution in [1.29, 1.82) is 0 Å². The van der Waals surface area contributed by atoms with Crippen LogP contribution >= 0.6 is 23.1 Å². The molecule has 0 spiro atoms. The van der Waals surface area contributed by atoms with Crippen molar-refractivity contribution in [3.8, 4) is 0 Å². The fourth-order valence-corrected chi connectivity index (χ4v) is 5.72. The van der Waals surface area contributed by atoms with Crippen molar-refractivity contribution in [1.82, 2.24) is 15.2 Å². The summed E-state index contributed by atoms with van der Waals surface area (Å²) in [4.78, 5) is 4.71. The smallest absolute Gasteiger partial charge is 0.265 e. The number of H-pyrrole nitrogens is 1. The first-order chi connectivity index (χ1) is 10.9. The predicted molar refractivity (Wildman–Crippen MR) is 94.9 cm³/mol. The first kappa shape index (κ1) is 16.3. The number of nitrogens with one attached hydrogen (secondary N) is 2. The highest BCUT2D eigenvalue weighted by atomic mass is 32.2. The van der Waals surface area contributed by atoms with Gasteiger partial charge in [0.25, 0.3) is 10.0 Å². The lowest BCUT2D eigenvalue weighted by Gasteiger charge is -2.08. The first-order valence-corrected chi connectivity index (χ1v) is 10.3. The molecular weight excluding hydrogens is 352 g/mol. The normalized spacial score (nSPS) is 12.0. The van der Waals surface area contributed by atoms with Crippen LogP contribution in [0.2, 0.25) is 0 Å². The summed E-state index contributed by atoms with van der Waals surface area (Å²) in [5.74, 6) is 0.957. The van der Waals surface area contributed by atoms with Crippen molar-refractivity contribution >= 4 is 49.0 Å². The number of hydrogen-bond donors (Lipinski definition) is 2. The average molecular weight is 369 g/mol. The number of thioether (sulfide) groups is 1. The number of anilines is 1. The summed E-state index contributed by atoms with van der Waals surface area (Å²) in [7, 11) is -3.67. The van der Waals surface area contributed by atoms with Crippen molar-refractivity contribution in [2.75, 3.05) is 10.5 Å². The highest BCUT2D eigenvalue weighted by Gasteiger charge is 2.22. The van der Waals surface area contributed by atoms with Crippen LogP contribution in [0.25, 0.3) is 10.2 Å². The van der Waals surface area contributed by atoms with Crippen molar-refractivity contribution in [3.05, 3.63) is 29.6 Å². The van der Waals surface area contributed by atoms with Gasteiger partial charge in [0.05, 0.1) is 27.3 Å². The topological polar surface area (TPSA) is 87.7 Å². The van der Waals surface area contributed by atoms with Crippen LogP contribution in [0.15, 0.2) is 27.4 Å². The fraction of sp³-hybridized carbons (Fsp3) is 0.286. The Morgan fingerprint density at radius 3 is 2.78 bits per heavy atom. The van der Waals surface area contributed by atoms with Gasteiger partial charge in [-0.1, -0.05) is 18.7 Å². The van der Waals surface area contributed by atoms with Gasteiger partial charge in [-0.2, -0.15) is 5.10 Å².